The number of nitrogens with zero attached hydrogens (tertiary/aromatic N) is 2. The first-order chi connectivity index (χ1) is 7.75. The van der Waals surface area contributed by atoms with Crippen molar-refractivity contribution in [1.82, 2.24) is 9.88 Å². The third-order valence-corrected chi connectivity index (χ3v) is 2.66. The van der Waals surface area contributed by atoms with Gasteiger partial charge in [0, 0.05) is 31.0 Å². The van der Waals surface area contributed by atoms with E-state index in [1.807, 2.05) is 4.90 Å². The predicted molar refractivity (Wildman–Crippen MR) is 63.0 cm³/mol. The van der Waals surface area contributed by atoms with Gasteiger partial charge >= 0.3 is 0 Å². The molecule has 0 aliphatic carbocycles. The van der Waals surface area contributed by atoms with E-state index < -0.39 is 0 Å². The Morgan fingerprint density at radius 2 is 2.25 bits per heavy atom. The molecular formula is C11H16N4O. The van der Waals surface area contributed by atoms with Gasteiger partial charge in [-0.25, -0.2) is 4.98 Å². The highest BCUT2D eigenvalue weighted by molar-refractivity contribution is 5.80. The summed E-state index contributed by atoms with van der Waals surface area (Å²) in [6, 6.07) is 3.44. The summed E-state index contributed by atoms with van der Waals surface area (Å²) >= 11 is 0. The van der Waals surface area contributed by atoms with Crippen LogP contribution in [0.4, 0.5) is 11.5 Å². The maximum Gasteiger partial charge on any atom is 0.241 e. The smallest absolute Gasteiger partial charge is 0.241 e. The van der Waals surface area contributed by atoms with Crippen molar-refractivity contribution in [3.8, 4) is 0 Å². The van der Waals surface area contributed by atoms with Crippen LogP contribution in [0.15, 0.2) is 18.3 Å². The molecule has 86 valence electrons. The summed E-state index contributed by atoms with van der Waals surface area (Å²) < 4.78 is 0. The highest BCUT2D eigenvalue weighted by atomic mass is 16.2. The molecule has 0 saturated carbocycles. The molecule has 0 bridgehead atoms. The Morgan fingerprint density at radius 3 is 2.94 bits per heavy atom. The minimum absolute atomic E-state index is 0.127. The van der Waals surface area contributed by atoms with Crippen LogP contribution in [0, 0.1) is 0 Å². The summed E-state index contributed by atoms with van der Waals surface area (Å²) in [5, 5.41) is 2.98. The number of hydrogen-bond donors (Lipinski definition) is 2. The first-order valence-corrected chi connectivity index (χ1v) is 5.49. The Balaban J connectivity index is 1.84. The van der Waals surface area contributed by atoms with Crippen LogP contribution in [-0.4, -0.2) is 35.4 Å². The molecule has 0 spiro atoms. The largest absolute Gasteiger partial charge is 0.399 e. The molecule has 5 heteroatoms. The maximum absolute atomic E-state index is 11.7. The van der Waals surface area contributed by atoms with Crippen LogP contribution in [0.3, 0.4) is 0 Å². The van der Waals surface area contributed by atoms with Crippen molar-refractivity contribution in [3.05, 3.63) is 18.3 Å². The normalized spacial score (nSPS) is 15.1. The van der Waals surface area contributed by atoms with Gasteiger partial charge in [-0.1, -0.05) is 0 Å². The molecule has 1 fully saturated rings. The lowest BCUT2D eigenvalue weighted by Gasteiger charge is -2.15. The predicted octanol–water partition coefficient (Wildman–Crippen LogP) is 0.698. The van der Waals surface area contributed by atoms with Crippen LogP contribution in [0.1, 0.15) is 12.8 Å². The van der Waals surface area contributed by atoms with Crippen molar-refractivity contribution in [1.29, 1.82) is 0 Å². The summed E-state index contributed by atoms with van der Waals surface area (Å²) in [6.45, 7) is 2.05. The molecule has 5 nitrogen and oxygen atoms in total. The first kappa shape index (κ1) is 10.7. The van der Waals surface area contributed by atoms with Gasteiger partial charge in [0.1, 0.15) is 5.82 Å². The molecule has 1 saturated heterocycles. The molecule has 1 aliphatic heterocycles. The summed E-state index contributed by atoms with van der Waals surface area (Å²) in [5.41, 5.74) is 6.26. The van der Waals surface area contributed by atoms with Gasteiger partial charge in [-0.2, -0.15) is 0 Å². The monoisotopic (exact) mass is 220 g/mol. The SMILES string of the molecule is Nc1ccnc(NCC(=O)N2CCCC2)c1. The number of nitrogen functional groups attached to an aromatic ring is 1. The molecule has 1 amide bonds. The van der Waals surface area contributed by atoms with Crippen molar-refractivity contribution in [2.75, 3.05) is 30.7 Å². The molecule has 1 aliphatic rings. The van der Waals surface area contributed by atoms with Crippen LogP contribution in [0.5, 0.6) is 0 Å². The molecular weight excluding hydrogens is 204 g/mol. The topological polar surface area (TPSA) is 71.2 Å². The molecule has 0 unspecified atom stereocenters. The number of rotatable bonds is 3. The van der Waals surface area contributed by atoms with E-state index in [2.05, 4.69) is 10.3 Å². The van der Waals surface area contributed by atoms with Gasteiger partial charge in [0.15, 0.2) is 0 Å². The fourth-order valence-electron chi connectivity index (χ4n) is 1.79. The van der Waals surface area contributed by atoms with Gasteiger partial charge in [-0.3, -0.25) is 4.79 Å². The van der Waals surface area contributed by atoms with E-state index in [0.717, 1.165) is 25.9 Å². The zero-order valence-electron chi connectivity index (χ0n) is 9.15. The third kappa shape index (κ3) is 2.62. The molecule has 1 aromatic rings. The molecule has 2 heterocycles. The average molecular weight is 220 g/mol. The van der Waals surface area contributed by atoms with Gasteiger partial charge in [-0.05, 0) is 18.9 Å². The molecule has 0 aromatic carbocycles. The molecule has 0 atom stereocenters. The number of likely N-dealkylation sites (tertiary alicyclic amines) is 1. The van der Waals surface area contributed by atoms with Gasteiger partial charge in [0.05, 0.1) is 6.54 Å². The maximum atomic E-state index is 11.7. The lowest BCUT2D eigenvalue weighted by Crippen LogP contribution is -2.33. The molecule has 16 heavy (non-hydrogen) atoms. The van der Waals surface area contributed by atoms with Crippen LogP contribution in [0.2, 0.25) is 0 Å². The van der Waals surface area contributed by atoms with Crippen molar-refractivity contribution in [3.63, 3.8) is 0 Å². The van der Waals surface area contributed by atoms with E-state index in [-0.39, 0.29) is 12.5 Å². The number of aromatic nitrogens is 1. The van der Waals surface area contributed by atoms with E-state index in [0.29, 0.717) is 11.5 Å². The average Bonchev–Trinajstić information content (AvgIpc) is 2.79. The zero-order valence-corrected chi connectivity index (χ0v) is 9.15. The fourth-order valence-corrected chi connectivity index (χ4v) is 1.79. The second kappa shape index (κ2) is 4.83. The molecule has 1 aromatic heterocycles. The number of anilines is 2. The van der Waals surface area contributed by atoms with E-state index in [1.165, 1.54) is 0 Å². The van der Waals surface area contributed by atoms with Crippen molar-refractivity contribution in [2.24, 2.45) is 0 Å². The van der Waals surface area contributed by atoms with Gasteiger partial charge < -0.3 is 16.0 Å². The van der Waals surface area contributed by atoms with Crippen LogP contribution in [0.25, 0.3) is 0 Å². The summed E-state index contributed by atoms with van der Waals surface area (Å²) in [7, 11) is 0. The van der Waals surface area contributed by atoms with E-state index in [4.69, 9.17) is 5.73 Å². The number of hydrogen-bond acceptors (Lipinski definition) is 4. The van der Waals surface area contributed by atoms with Crippen molar-refractivity contribution < 1.29 is 4.79 Å². The second-order valence-corrected chi connectivity index (χ2v) is 3.92. The van der Waals surface area contributed by atoms with Crippen molar-refractivity contribution in [2.45, 2.75) is 12.8 Å². The minimum Gasteiger partial charge on any atom is -0.399 e. The van der Waals surface area contributed by atoms with Crippen LogP contribution >= 0.6 is 0 Å². The van der Waals surface area contributed by atoms with Gasteiger partial charge in [-0.15, -0.1) is 0 Å². The number of nitrogens with two attached hydrogens (primary N) is 1. The summed E-state index contributed by atoms with van der Waals surface area (Å²) in [6.07, 6.45) is 3.85. The fraction of sp³-hybridized carbons (Fsp3) is 0.455. The summed E-state index contributed by atoms with van der Waals surface area (Å²) in [4.78, 5) is 17.7. The number of nitrogens with one attached hydrogen (secondary N) is 1. The zero-order chi connectivity index (χ0) is 11.4. The van der Waals surface area contributed by atoms with E-state index >= 15 is 0 Å². The Labute approximate surface area is 94.6 Å². The second-order valence-electron chi connectivity index (χ2n) is 3.92. The third-order valence-electron chi connectivity index (χ3n) is 2.66. The number of amides is 1. The van der Waals surface area contributed by atoms with E-state index in [1.54, 1.807) is 18.3 Å². The Morgan fingerprint density at radius 1 is 1.50 bits per heavy atom. The lowest BCUT2D eigenvalue weighted by atomic mass is 10.4. The lowest BCUT2D eigenvalue weighted by molar-refractivity contribution is -0.128. The summed E-state index contributed by atoms with van der Waals surface area (Å²) in [5.74, 6) is 0.772. The van der Waals surface area contributed by atoms with E-state index in [9.17, 15) is 4.79 Å². The molecule has 3 N–H and O–H groups in total. The number of pyridine rings is 1. The van der Waals surface area contributed by atoms with Crippen LogP contribution < -0.4 is 11.1 Å². The van der Waals surface area contributed by atoms with Gasteiger partial charge in [0.2, 0.25) is 5.91 Å². The molecule has 2 rings (SSSR count). The molecule has 0 radical (unpaired) electrons. The first-order valence-electron chi connectivity index (χ1n) is 5.49. The highest BCUT2D eigenvalue weighted by Gasteiger charge is 2.17. The number of carbonyl (C=O) groups is 1. The van der Waals surface area contributed by atoms with Crippen LogP contribution in [-0.2, 0) is 4.79 Å². The quantitative estimate of drug-likeness (QED) is 0.786. The minimum atomic E-state index is 0.127. The Hall–Kier alpha value is -1.78. The standard InChI is InChI=1S/C11H16N4O/c12-9-3-4-13-10(7-9)14-8-11(16)15-5-1-2-6-15/h3-4,7H,1-2,5-6,8H2,(H3,12,13,14). The number of carbonyl (C=O) groups excluding carboxylic acids is 1. The Bertz CT molecular complexity index is 374. The van der Waals surface area contributed by atoms with Gasteiger partial charge in [0.25, 0.3) is 0 Å². The van der Waals surface area contributed by atoms with Crippen molar-refractivity contribution >= 4 is 17.4 Å². The Kier molecular flexibility index (Phi) is 3.24. The highest BCUT2D eigenvalue weighted by Crippen LogP contribution is 2.09.